The molecule has 0 saturated carbocycles. The number of aromatic amines is 1. The normalized spacial score (nSPS) is 10.8. The monoisotopic (exact) mass is 218 g/mol. The van der Waals surface area contributed by atoms with Crippen molar-refractivity contribution in [3.63, 3.8) is 0 Å². The van der Waals surface area contributed by atoms with E-state index in [2.05, 4.69) is 45.3 Å². The van der Waals surface area contributed by atoms with Gasteiger partial charge in [-0.2, -0.15) is 5.10 Å². The largest absolute Gasteiger partial charge is 0.350 e. The Morgan fingerprint density at radius 3 is 3.12 bits per heavy atom. The minimum Gasteiger partial charge on any atom is -0.350 e. The molecule has 0 unspecified atom stereocenters. The quantitative estimate of drug-likeness (QED) is 0.778. The van der Waals surface area contributed by atoms with Crippen molar-refractivity contribution >= 4 is 0 Å². The summed E-state index contributed by atoms with van der Waals surface area (Å²) in [5, 5.41) is 10.1. The van der Waals surface area contributed by atoms with Gasteiger partial charge in [0.1, 0.15) is 0 Å². The van der Waals surface area contributed by atoms with Gasteiger partial charge in [0.25, 0.3) is 0 Å². The number of nitrogens with one attached hydrogen (secondary N) is 2. The summed E-state index contributed by atoms with van der Waals surface area (Å²) in [6.45, 7) is 5.05. The van der Waals surface area contributed by atoms with E-state index in [1.807, 2.05) is 12.4 Å². The Labute approximate surface area is 95.7 Å². The van der Waals surface area contributed by atoms with Crippen molar-refractivity contribution < 1.29 is 0 Å². The van der Waals surface area contributed by atoms with Crippen molar-refractivity contribution in [2.75, 3.05) is 0 Å². The summed E-state index contributed by atoms with van der Waals surface area (Å²) in [6, 6.07) is 4.27. The molecular weight excluding hydrogens is 200 g/mol. The van der Waals surface area contributed by atoms with E-state index < -0.39 is 0 Å². The smallest absolute Gasteiger partial charge is 0.0532 e. The summed E-state index contributed by atoms with van der Waals surface area (Å²) in [7, 11) is 0. The fourth-order valence-electron chi connectivity index (χ4n) is 1.78. The first-order valence-corrected chi connectivity index (χ1v) is 5.72. The van der Waals surface area contributed by atoms with Crippen LogP contribution in [0.4, 0.5) is 0 Å². The molecule has 4 nitrogen and oxygen atoms in total. The molecule has 2 aromatic heterocycles. The molecule has 0 aliphatic rings. The highest BCUT2D eigenvalue weighted by atomic mass is 15.1. The lowest BCUT2D eigenvalue weighted by molar-refractivity contribution is 0.602. The number of rotatable bonds is 6. The minimum absolute atomic E-state index is 0.855. The first kappa shape index (κ1) is 11.0. The molecule has 2 N–H and O–H groups in total. The number of aryl methyl sites for hydroxylation is 1. The highest BCUT2D eigenvalue weighted by Gasteiger charge is 1.99. The zero-order chi connectivity index (χ0) is 11.2. The van der Waals surface area contributed by atoms with Gasteiger partial charge in [-0.25, -0.2) is 0 Å². The SMILES string of the molecule is CCCn1cccc1CNCc1cn[nH]c1. The molecule has 0 amide bonds. The molecule has 86 valence electrons. The molecular formula is C12H18N4. The molecule has 2 heterocycles. The Morgan fingerprint density at radius 1 is 1.44 bits per heavy atom. The van der Waals surface area contributed by atoms with E-state index in [4.69, 9.17) is 0 Å². The van der Waals surface area contributed by atoms with Gasteiger partial charge in [0.15, 0.2) is 0 Å². The number of aromatic nitrogens is 3. The molecule has 0 spiro atoms. The Morgan fingerprint density at radius 2 is 2.38 bits per heavy atom. The summed E-state index contributed by atoms with van der Waals surface area (Å²) >= 11 is 0. The van der Waals surface area contributed by atoms with Gasteiger partial charge in [-0.15, -0.1) is 0 Å². The average molecular weight is 218 g/mol. The summed E-state index contributed by atoms with van der Waals surface area (Å²) in [5.41, 5.74) is 2.53. The Kier molecular flexibility index (Phi) is 3.77. The Balaban J connectivity index is 1.82. The summed E-state index contributed by atoms with van der Waals surface area (Å²) < 4.78 is 2.29. The molecule has 0 saturated heterocycles. The highest BCUT2D eigenvalue weighted by molar-refractivity contribution is 5.08. The highest BCUT2D eigenvalue weighted by Crippen LogP contribution is 2.03. The lowest BCUT2D eigenvalue weighted by Gasteiger charge is -2.08. The van der Waals surface area contributed by atoms with Crippen molar-refractivity contribution in [2.45, 2.75) is 33.0 Å². The van der Waals surface area contributed by atoms with Gasteiger partial charge >= 0.3 is 0 Å². The molecule has 0 fully saturated rings. The van der Waals surface area contributed by atoms with Crippen LogP contribution < -0.4 is 5.32 Å². The van der Waals surface area contributed by atoms with E-state index in [0.29, 0.717) is 0 Å². The van der Waals surface area contributed by atoms with Crippen LogP contribution in [0.15, 0.2) is 30.7 Å². The average Bonchev–Trinajstić information content (AvgIpc) is 2.91. The summed E-state index contributed by atoms with van der Waals surface area (Å²) in [4.78, 5) is 0. The van der Waals surface area contributed by atoms with Crippen molar-refractivity contribution in [3.8, 4) is 0 Å². The second-order valence-electron chi connectivity index (χ2n) is 3.90. The van der Waals surface area contributed by atoms with Crippen LogP contribution in [-0.2, 0) is 19.6 Å². The molecule has 0 atom stereocenters. The lowest BCUT2D eigenvalue weighted by Crippen LogP contribution is -2.15. The third kappa shape index (κ3) is 2.73. The van der Waals surface area contributed by atoms with E-state index in [1.54, 1.807) is 0 Å². The molecule has 0 radical (unpaired) electrons. The third-order valence-corrected chi connectivity index (χ3v) is 2.58. The Bertz CT molecular complexity index is 402. The van der Waals surface area contributed by atoms with Gasteiger partial charge in [-0.1, -0.05) is 6.92 Å². The van der Waals surface area contributed by atoms with Gasteiger partial charge < -0.3 is 9.88 Å². The van der Waals surface area contributed by atoms with Crippen LogP contribution in [0.1, 0.15) is 24.6 Å². The predicted octanol–water partition coefficient (Wildman–Crippen LogP) is 1.91. The second-order valence-corrected chi connectivity index (χ2v) is 3.90. The number of H-pyrrole nitrogens is 1. The van der Waals surface area contributed by atoms with E-state index in [1.165, 1.54) is 17.7 Å². The number of hydrogen-bond acceptors (Lipinski definition) is 2. The molecule has 0 aliphatic carbocycles. The zero-order valence-corrected chi connectivity index (χ0v) is 9.61. The van der Waals surface area contributed by atoms with Crippen LogP contribution in [0.3, 0.4) is 0 Å². The maximum atomic E-state index is 3.91. The Hall–Kier alpha value is -1.55. The first-order chi connectivity index (χ1) is 7.90. The standard InChI is InChI=1S/C12H18N4/c1-2-5-16-6-3-4-12(16)10-13-7-11-8-14-15-9-11/h3-4,6,8-9,13H,2,5,7,10H2,1H3,(H,14,15). The zero-order valence-electron chi connectivity index (χ0n) is 9.61. The maximum absolute atomic E-state index is 3.91. The van der Waals surface area contributed by atoms with Crippen LogP contribution in [0.2, 0.25) is 0 Å². The molecule has 4 heteroatoms. The molecule has 2 aromatic rings. The van der Waals surface area contributed by atoms with Crippen LogP contribution in [0.5, 0.6) is 0 Å². The molecule has 0 aliphatic heterocycles. The molecule has 0 aromatic carbocycles. The van der Waals surface area contributed by atoms with E-state index in [9.17, 15) is 0 Å². The maximum Gasteiger partial charge on any atom is 0.0532 e. The predicted molar refractivity (Wildman–Crippen MR) is 63.9 cm³/mol. The van der Waals surface area contributed by atoms with Crippen LogP contribution in [0.25, 0.3) is 0 Å². The van der Waals surface area contributed by atoms with Crippen LogP contribution in [0, 0.1) is 0 Å². The van der Waals surface area contributed by atoms with Crippen molar-refractivity contribution in [1.82, 2.24) is 20.1 Å². The van der Waals surface area contributed by atoms with Crippen LogP contribution in [-0.4, -0.2) is 14.8 Å². The van der Waals surface area contributed by atoms with E-state index in [-0.39, 0.29) is 0 Å². The van der Waals surface area contributed by atoms with E-state index in [0.717, 1.165) is 19.6 Å². The van der Waals surface area contributed by atoms with Gasteiger partial charge in [-0.3, -0.25) is 5.10 Å². The van der Waals surface area contributed by atoms with Crippen molar-refractivity contribution in [1.29, 1.82) is 0 Å². The topological polar surface area (TPSA) is 45.6 Å². The third-order valence-electron chi connectivity index (χ3n) is 2.58. The lowest BCUT2D eigenvalue weighted by atomic mass is 10.3. The molecule has 2 rings (SSSR count). The van der Waals surface area contributed by atoms with E-state index >= 15 is 0 Å². The summed E-state index contributed by atoms with van der Waals surface area (Å²) in [6.07, 6.45) is 7.07. The van der Waals surface area contributed by atoms with Crippen molar-refractivity contribution in [3.05, 3.63) is 42.0 Å². The number of nitrogens with zero attached hydrogens (tertiary/aromatic N) is 2. The molecule has 16 heavy (non-hydrogen) atoms. The van der Waals surface area contributed by atoms with Gasteiger partial charge in [0, 0.05) is 43.3 Å². The fourth-order valence-corrected chi connectivity index (χ4v) is 1.78. The summed E-state index contributed by atoms with van der Waals surface area (Å²) in [5.74, 6) is 0. The van der Waals surface area contributed by atoms with Gasteiger partial charge in [-0.05, 0) is 18.6 Å². The number of hydrogen-bond donors (Lipinski definition) is 2. The van der Waals surface area contributed by atoms with Crippen molar-refractivity contribution in [2.24, 2.45) is 0 Å². The second kappa shape index (κ2) is 5.51. The fraction of sp³-hybridized carbons (Fsp3) is 0.417. The molecule has 0 bridgehead atoms. The van der Waals surface area contributed by atoms with Gasteiger partial charge in [0.2, 0.25) is 0 Å². The van der Waals surface area contributed by atoms with Gasteiger partial charge in [0.05, 0.1) is 6.20 Å². The minimum atomic E-state index is 0.855. The first-order valence-electron chi connectivity index (χ1n) is 5.72. The van der Waals surface area contributed by atoms with Crippen LogP contribution >= 0.6 is 0 Å².